The van der Waals surface area contributed by atoms with Crippen LogP contribution in [0, 0.1) is 13.8 Å². The van der Waals surface area contributed by atoms with Crippen LogP contribution < -0.4 is 4.74 Å². The van der Waals surface area contributed by atoms with E-state index in [2.05, 4.69) is 4.98 Å². The number of carbonyl (C=O) groups is 3. The Kier molecular flexibility index (Phi) is 6.76. The number of aryl methyl sites for hydroxylation is 1. The van der Waals surface area contributed by atoms with Gasteiger partial charge < -0.3 is 19.2 Å². The number of aromatic nitrogens is 1. The molecular formula is C21H23NO6. The Balaban J connectivity index is 2.11. The average Bonchev–Trinajstić information content (AvgIpc) is 2.99. The van der Waals surface area contributed by atoms with Crippen molar-refractivity contribution in [3.63, 3.8) is 0 Å². The zero-order chi connectivity index (χ0) is 20.8. The number of nitrogens with one attached hydrogen (secondary N) is 1. The highest BCUT2D eigenvalue weighted by Gasteiger charge is 2.26. The standard InChI is InChI=1S/C21H23NO6/c1-12-18(21(25)27-5)13(2)22-19(12)20(24)14(3)28-17(23)11-10-15-8-6-7-9-16(15)26-4/h6-11,14,22H,1-5H3/b11-10+. The Hall–Kier alpha value is -3.35. The molecule has 0 aliphatic rings. The van der Waals surface area contributed by atoms with Crippen molar-refractivity contribution in [2.75, 3.05) is 14.2 Å². The Morgan fingerprint density at radius 1 is 1.11 bits per heavy atom. The summed E-state index contributed by atoms with van der Waals surface area (Å²) in [5.74, 6) is -1.02. The van der Waals surface area contributed by atoms with Gasteiger partial charge in [-0.25, -0.2) is 9.59 Å². The molecule has 2 aromatic rings. The molecule has 28 heavy (non-hydrogen) atoms. The Morgan fingerprint density at radius 2 is 1.79 bits per heavy atom. The van der Waals surface area contributed by atoms with Gasteiger partial charge >= 0.3 is 11.9 Å². The van der Waals surface area contributed by atoms with Gasteiger partial charge in [0.15, 0.2) is 6.10 Å². The molecule has 7 nitrogen and oxygen atoms in total. The molecule has 0 spiro atoms. The number of rotatable bonds is 7. The monoisotopic (exact) mass is 385 g/mol. The minimum atomic E-state index is -1.03. The molecule has 0 saturated heterocycles. The first-order valence-corrected chi connectivity index (χ1v) is 8.63. The van der Waals surface area contributed by atoms with E-state index in [1.165, 1.54) is 27.2 Å². The fourth-order valence-electron chi connectivity index (χ4n) is 2.84. The Labute approximate surface area is 163 Å². The molecule has 1 unspecified atom stereocenters. The third-order valence-electron chi connectivity index (χ3n) is 4.27. The van der Waals surface area contributed by atoms with E-state index in [-0.39, 0.29) is 5.69 Å². The van der Waals surface area contributed by atoms with E-state index in [0.717, 1.165) is 0 Å². The summed E-state index contributed by atoms with van der Waals surface area (Å²) in [6, 6.07) is 7.19. The maximum atomic E-state index is 12.6. The van der Waals surface area contributed by atoms with E-state index in [1.807, 2.05) is 12.1 Å². The van der Waals surface area contributed by atoms with Crippen molar-refractivity contribution in [2.45, 2.75) is 26.9 Å². The van der Waals surface area contributed by atoms with E-state index < -0.39 is 23.8 Å². The van der Waals surface area contributed by atoms with Crippen LogP contribution in [-0.4, -0.2) is 43.0 Å². The molecule has 0 radical (unpaired) electrons. The molecule has 7 heteroatoms. The number of aromatic amines is 1. The quantitative estimate of drug-likeness (QED) is 0.447. The highest BCUT2D eigenvalue weighted by molar-refractivity contribution is 6.04. The van der Waals surface area contributed by atoms with Gasteiger partial charge in [-0.1, -0.05) is 18.2 Å². The average molecular weight is 385 g/mol. The predicted molar refractivity (Wildman–Crippen MR) is 104 cm³/mol. The van der Waals surface area contributed by atoms with E-state index in [4.69, 9.17) is 14.2 Å². The number of para-hydroxylation sites is 1. The second-order valence-corrected chi connectivity index (χ2v) is 6.14. The molecule has 1 aromatic carbocycles. The summed E-state index contributed by atoms with van der Waals surface area (Å²) in [5.41, 5.74) is 2.20. The number of Topliss-reactive ketones (excluding diaryl/α,β-unsaturated/α-hetero) is 1. The van der Waals surface area contributed by atoms with Crippen LogP contribution in [0.15, 0.2) is 30.3 Å². The molecule has 2 rings (SSSR count). The number of H-pyrrole nitrogens is 1. The lowest BCUT2D eigenvalue weighted by Crippen LogP contribution is -2.24. The number of hydrogen-bond donors (Lipinski definition) is 1. The van der Waals surface area contributed by atoms with Crippen LogP contribution in [0.4, 0.5) is 0 Å². The summed E-state index contributed by atoms with van der Waals surface area (Å²) in [7, 11) is 2.81. The second-order valence-electron chi connectivity index (χ2n) is 6.14. The van der Waals surface area contributed by atoms with Crippen molar-refractivity contribution in [2.24, 2.45) is 0 Å². The van der Waals surface area contributed by atoms with Crippen LogP contribution in [0.5, 0.6) is 5.75 Å². The number of esters is 2. The van der Waals surface area contributed by atoms with Crippen molar-refractivity contribution in [3.8, 4) is 5.75 Å². The molecule has 0 saturated carbocycles. The van der Waals surface area contributed by atoms with Gasteiger partial charge in [0, 0.05) is 17.3 Å². The minimum Gasteiger partial charge on any atom is -0.496 e. The number of carbonyl (C=O) groups excluding carboxylic acids is 3. The third-order valence-corrected chi connectivity index (χ3v) is 4.27. The Morgan fingerprint density at radius 3 is 2.43 bits per heavy atom. The van der Waals surface area contributed by atoms with Crippen molar-refractivity contribution >= 4 is 23.8 Å². The lowest BCUT2D eigenvalue weighted by Gasteiger charge is -2.11. The molecule has 0 amide bonds. The molecule has 0 bridgehead atoms. The minimum absolute atomic E-state index is 0.215. The van der Waals surface area contributed by atoms with Crippen LogP contribution >= 0.6 is 0 Å². The second kappa shape index (κ2) is 9.03. The predicted octanol–water partition coefficient (Wildman–Crippen LogP) is 3.25. The van der Waals surface area contributed by atoms with E-state index in [1.54, 1.807) is 32.1 Å². The molecule has 1 N–H and O–H groups in total. The first kappa shape index (κ1) is 21.0. The lowest BCUT2D eigenvalue weighted by molar-refractivity contribution is -0.140. The van der Waals surface area contributed by atoms with Gasteiger partial charge in [0.1, 0.15) is 5.75 Å². The lowest BCUT2D eigenvalue weighted by atomic mass is 10.1. The van der Waals surface area contributed by atoms with E-state index in [9.17, 15) is 14.4 Å². The molecule has 1 heterocycles. The zero-order valence-electron chi connectivity index (χ0n) is 16.5. The summed E-state index contributed by atoms with van der Waals surface area (Å²) >= 11 is 0. The summed E-state index contributed by atoms with van der Waals surface area (Å²) < 4.78 is 15.1. The number of benzene rings is 1. The largest absolute Gasteiger partial charge is 0.496 e. The Bertz CT molecular complexity index is 925. The van der Waals surface area contributed by atoms with Crippen LogP contribution in [0.25, 0.3) is 6.08 Å². The maximum Gasteiger partial charge on any atom is 0.339 e. The number of methoxy groups -OCH3 is 2. The van der Waals surface area contributed by atoms with Gasteiger partial charge in [-0.3, -0.25) is 4.79 Å². The highest BCUT2D eigenvalue weighted by atomic mass is 16.5. The number of ether oxygens (including phenoxy) is 3. The van der Waals surface area contributed by atoms with Gasteiger partial charge in [0.2, 0.25) is 5.78 Å². The highest BCUT2D eigenvalue weighted by Crippen LogP contribution is 2.21. The molecule has 0 aliphatic carbocycles. The molecule has 1 atom stereocenters. The van der Waals surface area contributed by atoms with Crippen LogP contribution in [-0.2, 0) is 14.3 Å². The molecule has 148 valence electrons. The summed E-state index contributed by atoms with van der Waals surface area (Å²) in [4.78, 5) is 39.5. The third kappa shape index (κ3) is 4.49. The van der Waals surface area contributed by atoms with Crippen LogP contribution in [0.1, 0.15) is 44.6 Å². The molecule has 1 aromatic heterocycles. The van der Waals surface area contributed by atoms with Gasteiger partial charge in [-0.05, 0) is 38.5 Å². The molecule has 0 aliphatic heterocycles. The van der Waals surface area contributed by atoms with Crippen molar-refractivity contribution in [1.82, 2.24) is 4.98 Å². The summed E-state index contributed by atoms with van der Waals surface area (Å²) in [6.45, 7) is 4.78. The fraction of sp³-hybridized carbons (Fsp3) is 0.286. The zero-order valence-corrected chi connectivity index (χ0v) is 16.5. The summed E-state index contributed by atoms with van der Waals surface area (Å²) in [5, 5.41) is 0. The SMILES string of the molecule is COC(=O)c1c(C)[nH]c(C(=O)C(C)OC(=O)/C=C/c2ccccc2OC)c1C. The number of ketones is 1. The first-order valence-electron chi connectivity index (χ1n) is 8.63. The van der Waals surface area contributed by atoms with E-state index in [0.29, 0.717) is 28.1 Å². The molecule has 0 fully saturated rings. The van der Waals surface area contributed by atoms with Gasteiger partial charge in [-0.2, -0.15) is 0 Å². The first-order chi connectivity index (χ1) is 13.3. The molecular weight excluding hydrogens is 362 g/mol. The van der Waals surface area contributed by atoms with Crippen molar-refractivity contribution in [3.05, 3.63) is 58.4 Å². The normalized spacial score (nSPS) is 11.9. The topological polar surface area (TPSA) is 94.7 Å². The van der Waals surface area contributed by atoms with Gasteiger partial charge in [0.25, 0.3) is 0 Å². The van der Waals surface area contributed by atoms with Crippen LogP contribution in [0.3, 0.4) is 0 Å². The maximum absolute atomic E-state index is 12.6. The van der Waals surface area contributed by atoms with Crippen molar-refractivity contribution < 1.29 is 28.6 Å². The van der Waals surface area contributed by atoms with E-state index >= 15 is 0 Å². The van der Waals surface area contributed by atoms with Crippen molar-refractivity contribution in [1.29, 1.82) is 0 Å². The van der Waals surface area contributed by atoms with Gasteiger partial charge in [0.05, 0.1) is 25.5 Å². The van der Waals surface area contributed by atoms with Gasteiger partial charge in [-0.15, -0.1) is 0 Å². The smallest absolute Gasteiger partial charge is 0.339 e. The summed E-state index contributed by atoms with van der Waals surface area (Å²) in [6.07, 6.45) is 1.75. The number of hydrogen-bond acceptors (Lipinski definition) is 6. The van der Waals surface area contributed by atoms with Crippen LogP contribution in [0.2, 0.25) is 0 Å². The fourth-order valence-corrected chi connectivity index (χ4v) is 2.84.